The van der Waals surface area contributed by atoms with Gasteiger partial charge in [0.25, 0.3) is 5.56 Å². The SMILES string of the molecule is CC[C@@]1(O)C(=O)OCc2c1cc1n(c2=O)Cc2c-1nc1cc(F)c(C)c3c1c2[C@@H](NC(=O)O[C@H]1/C=C/CCC(C)(C(=O)N[C@@H](CC(=O)OCC[Si](C)(C)C)C(=O)OCC[Si](C)(C)C)CC1)CC3. The van der Waals surface area contributed by atoms with Crippen LogP contribution in [0.5, 0.6) is 0 Å². The molecular formula is C49H65FN4O11Si2. The number of benzene rings is 1. The minimum Gasteiger partial charge on any atom is -0.466 e. The number of esters is 3. The summed E-state index contributed by atoms with van der Waals surface area (Å²) in [4.78, 5) is 86.2. The maximum absolute atomic E-state index is 15.5. The molecule has 0 fully saturated rings. The molecule has 2 aromatic heterocycles. The Morgan fingerprint density at radius 1 is 1.00 bits per heavy atom. The Bertz CT molecular complexity index is 2600. The lowest BCUT2D eigenvalue weighted by atomic mass is 9.77. The molecule has 15 nitrogen and oxygen atoms in total. The first-order valence-corrected chi connectivity index (χ1v) is 30.9. The van der Waals surface area contributed by atoms with E-state index in [1.54, 1.807) is 32.9 Å². The van der Waals surface area contributed by atoms with Gasteiger partial charge >= 0.3 is 24.0 Å². The first kappa shape index (κ1) is 49.7. The van der Waals surface area contributed by atoms with Gasteiger partial charge in [-0.1, -0.05) is 59.2 Å². The predicted molar refractivity (Wildman–Crippen MR) is 254 cm³/mol. The van der Waals surface area contributed by atoms with Crippen molar-refractivity contribution in [2.24, 2.45) is 5.41 Å². The molecule has 2 aliphatic carbocycles. The van der Waals surface area contributed by atoms with E-state index in [9.17, 15) is 33.9 Å². The number of cyclic esters (lactones) is 1. The van der Waals surface area contributed by atoms with Crippen LogP contribution >= 0.6 is 0 Å². The van der Waals surface area contributed by atoms with Gasteiger partial charge in [-0.15, -0.1) is 0 Å². The molecule has 4 heterocycles. The number of ether oxygens (including phenoxy) is 4. The summed E-state index contributed by atoms with van der Waals surface area (Å²) >= 11 is 0. The van der Waals surface area contributed by atoms with Crippen LogP contribution in [-0.4, -0.2) is 86.1 Å². The van der Waals surface area contributed by atoms with Crippen LogP contribution in [-0.2, 0) is 63.3 Å². The number of aromatic nitrogens is 2. The van der Waals surface area contributed by atoms with Gasteiger partial charge in [0.05, 0.1) is 54.7 Å². The van der Waals surface area contributed by atoms with Crippen LogP contribution in [0.4, 0.5) is 9.18 Å². The molecule has 18 heteroatoms. The average Bonchev–Trinajstić information content (AvgIpc) is 3.61. The van der Waals surface area contributed by atoms with Crippen molar-refractivity contribution in [1.82, 2.24) is 20.2 Å². The van der Waals surface area contributed by atoms with E-state index in [1.165, 1.54) is 10.6 Å². The number of hydrogen-bond donors (Lipinski definition) is 3. The fourth-order valence-corrected chi connectivity index (χ4v) is 10.9. The normalized spacial score (nSPS) is 23.1. The van der Waals surface area contributed by atoms with E-state index in [-0.39, 0.29) is 56.8 Å². The van der Waals surface area contributed by atoms with E-state index in [0.29, 0.717) is 71.1 Å². The molecule has 0 saturated heterocycles. The summed E-state index contributed by atoms with van der Waals surface area (Å²) in [6.45, 7) is 18.3. The Labute approximate surface area is 392 Å². The van der Waals surface area contributed by atoms with Crippen molar-refractivity contribution in [2.45, 2.75) is 160 Å². The molecule has 3 aromatic rings. The summed E-state index contributed by atoms with van der Waals surface area (Å²) in [6, 6.07) is 2.58. The van der Waals surface area contributed by atoms with Crippen molar-refractivity contribution in [1.29, 1.82) is 0 Å². The van der Waals surface area contributed by atoms with Crippen molar-refractivity contribution >= 4 is 57.0 Å². The minimum absolute atomic E-state index is 0.0253. The summed E-state index contributed by atoms with van der Waals surface area (Å²) in [5.41, 5.74) is 0.524. The maximum Gasteiger partial charge on any atom is 0.408 e. The molecule has 5 atom stereocenters. The quantitative estimate of drug-likeness (QED) is 0.0491. The van der Waals surface area contributed by atoms with Gasteiger partial charge in [0.1, 0.15) is 24.6 Å². The van der Waals surface area contributed by atoms with Crippen LogP contribution in [0, 0.1) is 18.2 Å². The number of allylic oxidation sites excluding steroid dienone is 1. The molecular weight excluding hydrogens is 896 g/mol. The fourth-order valence-electron chi connectivity index (χ4n) is 9.45. The minimum atomic E-state index is -2.03. The zero-order chi connectivity index (χ0) is 48.8. The lowest BCUT2D eigenvalue weighted by Crippen LogP contribution is -2.49. The molecule has 2 amide bonds. The van der Waals surface area contributed by atoms with Crippen molar-refractivity contribution in [3.63, 3.8) is 0 Å². The predicted octanol–water partition coefficient (Wildman–Crippen LogP) is 7.38. The molecule has 362 valence electrons. The van der Waals surface area contributed by atoms with Gasteiger partial charge in [0.15, 0.2) is 5.60 Å². The van der Waals surface area contributed by atoms with Crippen LogP contribution in [0.25, 0.3) is 22.3 Å². The third-order valence-corrected chi connectivity index (χ3v) is 17.3. The topological polar surface area (TPSA) is 201 Å². The lowest BCUT2D eigenvalue weighted by molar-refractivity contribution is -0.172. The number of aliphatic hydroxyl groups is 1. The number of nitrogens with one attached hydrogen (secondary N) is 2. The largest absolute Gasteiger partial charge is 0.466 e. The first-order chi connectivity index (χ1) is 31.4. The Morgan fingerprint density at radius 3 is 2.39 bits per heavy atom. The number of alkyl carbamates (subject to hydrolysis) is 1. The molecule has 0 bridgehead atoms. The Kier molecular flexibility index (Phi) is 14.1. The highest BCUT2D eigenvalue weighted by Crippen LogP contribution is 2.46. The Hall–Kier alpha value is -5.21. The Balaban J connectivity index is 1.08. The molecule has 0 radical (unpaired) electrons. The number of aryl methyl sites for hydroxylation is 1. The van der Waals surface area contributed by atoms with Crippen molar-refractivity contribution < 1.29 is 52.4 Å². The number of rotatable bonds is 14. The van der Waals surface area contributed by atoms with Crippen molar-refractivity contribution in [3.05, 3.63) is 73.8 Å². The second-order valence-electron chi connectivity index (χ2n) is 21.3. The highest BCUT2D eigenvalue weighted by atomic mass is 28.3. The number of fused-ring (bicyclic) bond motifs is 5. The summed E-state index contributed by atoms with van der Waals surface area (Å²) in [6.07, 6.45) is 4.15. The van der Waals surface area contributed by atoms with Crippen LogP contribution in [0.15, 0.2) is 29.1 Å². The number of amides is 2. The summed E-state index contributed by atoms with van der Waals surface area (Å²) in [7, 11) is -3.03. The number of hydrogen-bond acceptors (Lipinski definition) is 12. The van der Waals surface area contributed by atoms with Crippen LogP contribution < -0.4 is 16.2 Å². The lowest BCUT2D eigenvalue weighted by Gasteiger charge is -2.33. The summed E-state index contributed by atoms with van der Waals surface area (Å²) in [5.74, 6) is -2.98. The zero-order valence-electron chi connectivity index (χ0n) is 40.2. The zero-order valence-corrected chi connectivity index (χ0v) is 42.2. The van der Waals surface area contributed by atoms with Gasteiger partial charge in [-0.3, -0.25) is 14.4 Å². The molecule has 2 aliphatic heterocycles. The third kappa shape index (κ3) is 10.5. The maximum atomic E-state index is 15.5. The van der Waals surface area contributed by atoms with Crippen LogP contribution in [0.1, 0.15) is 98.2 Å². The summed E-state index contributed by atoms with van der Waals surface area (Å²) < 4.78 is 39.4. The second kappa shape index (κ2) is 19.1. The average molecular weight is 961 g/mol. The van der Waals surface area contributed by atoms with Crippen LogP contribution in [0.3, 0.4) is 0 Å². The number of carbonyl (C=O) groups is 5. The van der Waals surface area contributed by atoms with Gasteiger partial charge in [-0.05, 0) is 92.8 Å². The smallest absolute Gasteiger partial charge is 0.408 e. The van der Waals surface area contributed by atoms with E-state index in [4.69, 9.17) is 23.9 Å². The fraction of sp³-hybridized carbons (Fsp3) is 0.571. The van der Waals surface area contributed by atoms with E-state index in [2.05, 4.69) is 49.9 Å². The number of halogens is 1. The van der Waals surface area contributed by atoms with Gasteiger partial charge in [0.2, 0.25) is 5.91 Å². The van der Waals surface area contributed by atoms with Gasteiger partial charge in [0, 0.05) is 44.1 Å². The number of nitrogens with zero attached hydrogens (tertiary/aromatic N) is 2. The van der Waals surface area contributed by atoms with E-state index in [0.717, 1.165) is 17.7 Å². The highest BCUT2D eigenvalue weighted by Gasteiger charge is 2.46. The van der Waals surface area contributed by atoms with Crippen molar-refractivity contribution in [3.8, 4) is 11.4 Å². The molecule has 7 rings (SSSR count). The molecule has 4 aliphatic rings. The van der Waals surface area contributed by atoms with Gasteiger partial charge < -0.3 is 39.3 Å². The van der Waals surface area contributed by atoms with E-state index >= 15 is 4.39 Å². The van der Waals surface area contributed by atoms with Crippen LogP contribution in [0.2, 0.25) is 51.4 Å². The number of carbonyl (C=O) groups excluding carboxylic acids is 5. The van der Waals surface area contributed by atoms with Gasteiger partial charge in [-0.25, -0.2) is 23.8 Å². The van der Waals surface area contributed by atoms with Crippen molar-refractivity contribution in [2.75, 3.05) is 13.2 Å². The monoisotopic (exact) mass is 960 g/mol. The van der Waals surface area contributed by atoms with E-state index in [1.807, 2.05) is 6.08 Å². The highest BCUT2D eigenvalue weighted by molar-refractivity contribution is 6.76. The number of pyridine rings is 2. The summed E-state index contributed by atoms with van der Waals surface area (Å²) in [5, 5.41) is 18.0. The third-order valence-electron chi connectivity index (χ3n) is 13.8. The van der Waals surface area contributed by atoms with E-state index < -0.39 is 86.6 Å². The Morgan fingerprint density at radius 2 is 1.70 bits per heavy atom. The molecule has 67 heavy (non-hydrogen) atoms. The molecule has 0 saturated carbocycles. The standard InChI is InChI=1S/C49H65FN4O11Si2/c1-10-49(61)33-23-38-42-31(26-54(38)43(56)32(33)27-64-46(49)59)41-35(15-14-30-28(2)34(50)24-36(51-42)40(30)41)53-47(60)65-29-13-11-12-17-48(3,18-16-29)45(58)52-37(44(57)63-20-22-67(7,8)9)25-39(55)62-19-21-66(4,5)6/h11,13,23-24,29,35,37,61H,10,12,14-22,25-27H2,1-9H3,(H,52,58)(H,53,60)/b13-11+/t29-,35-,37-,48?,49-/m0/s1. The molecule has 3 N–H and O–H groups in total. The molecule has 1 unspecified atom stereocenters. The van der Waals surface area contributed by atoms with Gasteiger partial charge in [-0.2, -0.15) is 0 Å². The first-order valence-electron chi connectivity index (χ1n) is 23.5. The molecule has 0 spiro atoms. The second-order valence-corrected chi connectivity index (χ2v) is 32.5. The molecule has 1 aromatic carbocycles.